The number of hydrogen-bond donors (Lipinski definition) is 0. The Morgan fingerprint density at radius 3 is 2.34 bits per heavy atom. The van der Waals surface area contributed by atoms with E-state index in [1.807, 2.05) is 0 Å². The van der Waals surface area contributed by atoms with Crippen molar-refractivity contribution in [3.05, 3.63) is 64.2 Å². The van der Waals surface area contributed by atoms with Crippen LogP contribution in [0.15, 0.2) is 53.4 Å². The van der Waals surface area contributed by atoms with Gasteiger partial charge in [0.1, 0.15) is 5.75 Å². The molecule has 1 atom stereocenters. The number of para-hydroxylation sites is 1. The van der Waals surface area contributed by atoms with Crippen molar-refractivity contribution >= 4 is 27.4 Å². The molecule has 0 bridgehead atoms. The molecule has 0 spiro atoms. The van der Waals surface area contributed by atoms with Crippen LogP contribution in [-0.2, 0) is 14.8 Å². The number of hydrogen-bond acceptors (Lipinski definition) is 7. The second kappa shape index (κ2) is 9.45. The van der Waals surface area contributed by atoms with Crippen molar-refractivity contribution in [2.75, 3.05) is 26.2 Å². The molecular weight excluding hydrogens is 438 g/mol. The summed E-state index contributed by atoms with van der Waals surface area (Å²) >= 11 is 0. The Labute approximate surface area is 185 Å². The summed E-state index contributed by atoms with van der Waals surface area (Å²) < 4.78 is 32.6. The highest BCUT2D eigenvalue weighted by atomic mass is 32.2. The lowest BCUT2D eigenvalue weighted by molar-refractivity contribution is -0.387. The summed E-state index contributed by atoms with van der Waals surface area (Å²) in [7, 11) is -4.08. The van der Waals surface area contributed by atoms with Crippen LogP contribution in [0, 0.1) is 10.1 Å². The molecule has 2 aromatic carbocycles. The Kier molecular flexibility index (Phi) is 6.90. The van der Waals surface area contributed by atoms with Crippen LogP contribution >= 0.6 is 0 Å². The van der Waals surface area contributed by atoms with Gasteiger partial charge in [-0.15, -0.1) is 0 Å². The highest BCUT2D eigenvalue weighted by molar-refractivity contribution is 7.89. The number of nitrogens with zero attached hydrogens (tertiary/aromatic N) is 3. The number of piperazine rings is 1. The van der Waals surface area contributed by atoms with E-state index in [0.717, 1.165) is 10.4 Å². The van der Waals surface area contributed by atoms with E-state index in [1.54, 1.807) is 31.2 Å². The number of ketones is 1. The molecule has 1 aliphatic rings. The number of carbonyl (C=O) groups is 2. The van der Waals surface area contributed by atoms with Crippen molar-refractivity contribution in [1.29, 1.82) is 0 Å². The van der Waals surface area contributed by atoms with Crippen molar-refractivity contribution in [3.63, 3.8) is 0 Å². The predicted octanol–water partition coefficient (Wildman–Crippen LogP) is 2.10. The Balaban J connectivity index is 1.65. The minimum Gasteiger partial charge on any atom is -0.481 e. The number of ether oxygens (including phenoxy) is 1. The molecule has 2 aromatic rings. The van der Waals surface area contributed by atoms with Crippen molar-refractivity contribution in [3.8, 4) is 5.75 Å². The standard InChI is InChI=1S/C21H23N3O7S/c1-15(25)17-6-5-7-18(14-17)31-16(2)21(26)22-10-12-23(13-11-22)32(29,30)20-9-4-3-8-19(20)24(27)28/h3-9,14,16H,10-13H2,1-2H3. The molecule has 3 rings (SSSR count). The van der Waals surface area contributed by atoms with Crippen LogP contribution in [0.3, 0.4) is 0 Å². The second-order valence-corrected chi connectivity index (χ2v) is 9.20. The lowest BCUT2D eigenvalue weighted by Gasteiger charge is -2.35. The van der Waals surface area contributed by atoms with E-state index in [2.05, 4.69) is 0 Å². The molecule has 1 amide bonds. The minimum atomic E-state index is -4.08. The third-order valence-corrected chi connectivity index (χ3v) is 7.08. The molecule has 0 aromatic heterocycles. The fraction of sp³-hybridized carbons (Fsp3) is 0.333. The Morgan fingerprint density at radius 2 is 1.72 bits per heavy atom. The van der Waals surface area contributed by atoms with Gasteiger partial charge in [-0.2, -0.15) is 4.31 Å². The first kappa shape index (κ1) is 23.4. The van der Waals surface area contributed by atoms with Gasteiger partial charge in [-0.25, -0.2) is 8.42 Å². The van der Waals surface area contributed by atoms with Gasteiger partial charge in [-0.3, -0.25) is 19.7 Å². The largest absolute Gasteiger partial charge is 0.481 e. The second-order valence-electron chi connectivity index (χ2n) is 7.30. The fourth-order valence-electron chi connectivity index (χ4n) is 3.41. The molecule has 0 radical (unpaired) electrons. The molecule has 1 fully saturated rings. The molecule has 0 saturated carbocycles. The number of rotatable bonds is 7. The van der Waals surface area contributed by atoms with Crippen molar-refractivity contribution in [2.45, 2.75) is 24.8 Å². The normalized spacial score (nSPS) is 15.8. The van der Waals surface area contributed by atoms with E-state index in [-0.39, 0.29) is 42.8 Å². The number of sulfonamides is 1. The molecule has 1 saturated heterocycles. The summed E-state index contributed by atoms with van der Waals surface area (Å²) in [6.45, 7) is 3.28. The number of Topliss-reactive ketones (excluding diaryl/α,β-unsaturated/α-hetero) is 1. The third-order valence-electron chi connectivity index (χ3n) is 5.13. The van der Waals surface area contributed by atoms with Gasteiger partial charge in [0.15, 0.2) is 16.8 Å². The first-order chi connectivity index (χ1) is 15.1. The highest BCUT2D eigenvalue weighted by Gasteiger charge is 2.35. The zero-order chi connectivity index (χ0) is 23.5. The average molecular weight is 461 g/mol. The molecule has 0 aliphatic carbocycles. The van der Waals surface area contributed by atoms with Crippen LogP contribution < -0.4 is 4.74 Å². The lowest BCUT2D eigenvalue weighted by Crippen LogP contribution is -2.53. The van der Waals surface area contributed by atoms with E-state index in [9.17, 15) is 28.1 Å². The van der Waals surface area contributed by atoms with E-state index in [0.29, 0.717) is 11.3 Å². The van der Waals surface area contributed by atoms with E-state index < -0.39 is 26.7 Å². The maximum Gasteiger partial charge on any atom is 0.289 e. The maximum atomic E-state index is 12.9. The lowest BCUT2D eigenvalue weighted by atomic mass is 10.1. The molecule has 1 unspecified atom stereocenters. The van der Waals surface area contributed by atoms with Crippen LogP contribution in [0.5, 0.6) is 5.75 Å². The number of nitro groups is 1. The number of amides is 1. The van der Waals surface area contributed by atoms with E-state index >= 15 is 0 Å². The van der Waals surface area contributed by atoms with Crippen molar-refractivity contribution in [2.24, 2.45) is 0 Å². The monoisotopic (exact) mass is 461 g/mol. The van der Waals surface area contributed by atoms with Crippen LogP contribution in [0.1, 0.15) is 24.2 Å². The topological polar surface area (TPSA) is 127 Å². The van der Waals surface area contributed by atoms with Crippen LogP contribution in [0.2, 0.25) is 0 Å². The summed E-state index contributed by atoms with van der Waals surface area (Å²) in [6, 6.07) is 11.7. The number of carbonyl (C=O) groups excluding carboxylic acids is 2. The van der Waals surface area contributed by atoms with Gasteiger partial charge in [-0.1, -0.05) is 24.3 Å². The summed E-state index contributed by atoms with van der Waals surface area (Å²) in [5, 5.41) is 11.2. The Bertz CT molecular complexity index is 1140. The van der Waals surface area contributed by atoms with E-state index in [1.165, 1.54) is 30.0 Å². The third kappa shape index (κ3) is 4.94. The molecule has 10 nitrogen and oxygen atoms in total. The quantitative estimate of drug-likeness (QED) is 0.351. The summed E-state index contributed by atoms with van der Waals surface area (Å²) in [5.41, 5.74) is -0.0169. The van der Waals surface area contributed by atoms with Gasteiger partial charge in [0, 0.05) is 37.8 Å². The van der Waals surface area contributed by atoms with Crippen LogP contribution in [0.25, 0.3) is 0 Å². The minimum absolute atomic E-state index is 0.00661. The van der Waals surface area contributed by atoms with Crippen molar-refractivity contribution < 1.29 is 27.7 Å². The zero-order valence-corrected chi connectivity index (χ0v) is 18.4. The van der Waals surface area contributed by atoms with Crippen LogP contribution in [-0.4, -0.2) is 66.5 Å². The van der Waals surface area contributed by atoms with Gasteiger partial charge in [0.2, 0.25) is 10.0 Å². The van der Waals surface area contributed by atoms with E-state index in [4.69, 9.17) is 4.74 Å². The van der Waals surface area contributed by atoms with Gasteiger partial charge in [0.05, 0.1) is 4.92 Å². The molecule has 1 aliphatic heterocycles. The highest BCUT2D eigenvalue weighted by Crippen LogP contribution is 2.27. The number of benzene rings is 2. The first-order valence-corrected chi connectivity index (χ1v) is 11.4. The fourth-order valence-corrected chi connectivity index (χ4v) is 4.99. The SMILES string of the molecule is CC(=O)c1cccc(OC(C)C(=O)N2CCN(S(=O)(=O)c3ccccc3[N+](=O)[O-])CC2)c1. The van der Waals surface area contributed by atoms with Gasteiger partial charge in [0.25, 0.3) is 11.6 Å². The Morgan fingerprint density at radius 1 is 1.06 bits per heavy atom. The average Bonchev–Trinajstić information content (AvgIpc) is 2.78. The zero-order valence-electron chi connectivity index (χ0n) is 17.6. The van der Waals surface area contributed by atoms with Gasteiger partial charge in [-0.05, 0) is 32.0 Å². The first-order valence-electron chi connectivity index (χ1n) is 9.91. The van der Waals surface area contributed by atoms with Gasteiger partial charge >= 0.3 is 0 Å². The predicted molar refractivity (Wildman–Crippen MR) is 115 cm³/mol. The molecule has 11 heteroatoms. The van der Waals surface area contributed by atoms with Gasteiger partial charge < -0.3 is 9.64 Å². The van der Waals surface area contributed by atoms with Crippen LogP contribution in [0.4, 0.5) is 5.69 Å². The summed E-state index contributed by atoms with van der Waals surface area (Å²) in [5.74, 6) is -0.0532. The summed E-state index contributed by atoms with van der Waals surface area (Å²) in [6.07, 6.45) is -0.837. The molecule has 0 N–H and O–H groups in total. The maximum absolute atomic E-state index is 12.9. The molecular formula is C21H23N3O7S. The molecule has 170 valence electrons. The Hall–Kier alpha value is -3.31. The number of nitro benzene ring substituents is 1. The molecule has 32 heavy (non-hydrogen) atoms. The molecule has 1 heterocycles. The smallest absolute Gasteiger partial charge is 0.289 e. The summed E-state index contributed by atoms with van der Waals surface area (Å²) in [4.78, 5) is 35.9. The van der Waals surface area contributed by atoms with Crippen molar-refractivity contribution in [1.82, 2.24) is 9.21 Å².